The quantitative estimate of drug-likeness (QED) is 0.637. The highest BCUT2D eigenvalue weighted by molar-refractivity contribution is 6.04. The first-order chi connectivity index (χ1) is 15.7. The number of likely N-dealkylation sites (tertiary alicyclic amines) is 2. The lowest BCUT2D eigenvalue weighted by Crippen LogP contribution is -2.42. The average Bonchev–Trinajstić information content (AvgIpc) is 3.42. The second-order valence-corrected chi connectivity index (χ2v) is 8.58. The number of rotatable bonds is 6. The molecule has 2 fully saturated rings. The minimum atomic E-state index is -0.0284. The molecule has 166 valence electrons. The van der Waals surface area contributed by atoms with Crippen LogP contribution in [0, 0.1) is 11.8 Å². The Kier molecular flexibility index (Phi) is 5.70. The normalized spacial score (nSPS) is 19.6. The van der Waals surface area contributed by atoms with Crippen LogP contribution in [0.15, 0.2) is 42.9 Å². The number of nitrogens with one attached hydrogen (secondary N) is 1. The Bertz CT molecular complexity index is 1090. The van der Waals surface area contributed by atoms with Gasteiger partial charge in [0.1, 0.15) is 0 Å². The molecule has 1 N–H and O–H groups in total. The number of fused-ring (bicyclic) bond motifs is 1. The first-order valence-corrected chi connectivity index (χ1v) is 11.1. The van der Waals surface area contributed by atoms with E-state index in [4.69, 9.17) is 4.74 Å². The van der Waals surface area contributed by atoms with E-state index in [0.717, 1.165) is 30.3 Å². The van der Waals surface area contributed by atoms with Crippen molar-refractivity contribution in [2.75, 3.05) is 32.8 Å². The van der Waals surface area contributed by atoms with Gasteiger partial charge in [-0.2, -0.15) is 5.10 Å². The van der Waals surface area contributed by atoms with E-state index in [-0.39, 0.29) is 17.7 Å². The van der Waals surface area contributed by atoms with E-state index in [1.54, 1.807) is 18.6 Å². The van der Waals surface area contributed by atoms with Crippen molar-refractivity contribution < 1.29 is 14.3 Å². The number of nitrogens with zero attached hydrogens (tertiary/aromatic N) is 5. The molecule has 5 rings (SSSR count). The monoisotopic (exact) mass is 434 g/mol. The number of para-hydroxylation sites is 1. The maximum absolute atomic E-state index is 13.0. The number of H-pyrrole nitrogens is 1. The van der Waals surface area contributed by atoms with Crippen LogP contribution in [0.2, 0.25) is 0 Å². The van der Waals surface area contributed by atoms with Gasteiger partial charge in [0.05, 0.1) is 18.3 Å². The highest BCUT2D eigenvalue weighted by Gasteiger charge is 2.33. The van der Waals surface area contributed by atoms with E-state index in [1.165, 1.54) is 0 Å². The van der Waals surface area contributed by atoms with E-state index in [2.05, 4.69) is 20.2 Å². The predicted molar refractivity (Wildman–Crippen MR) is 117 cm³/mol. The van der Waals surface area contributed by atoms with E-state index >= 15 is 0 Å². The topological polar surface area (TPSA) is 104 Å². The number of hydrogen-bond acceptors (Lipinski definition) is 6. The number of carbonyl (C=O) groups is 2. The maximum Gasteiger partial charge on any atom is 0.274 e. The van der Waals surface area contributed by atoms with Gasteiger partial charge in [0, 0.05) is 56.3 Å². The van der Waals surface area contributed by atoms with E-state index < -0.39 is 0 Å². The summed E-state index contributed by atoms with van der Waals surface area (Å²) in [5, 5.41) is 8.03. The van der Waals surface area contributed by atoms with E-state index in [9.17, 15) is 9.59 Å². The maximum atomic E-state index is 13.0. The molecule has 0 saturated carbocycles. The zero-order valence-corrected chi connectivity index (χ0v) is 17.8. The lowest BCUT2D eigenvalue weighted by Gasteiger charge is -2.33. The minimum Gasteiger partial charge on any atom is -0.476 e. The molecule has 4 heterocycles. The van der Waals surface area contributed by atoms with Gasteiger partial charge in [0.2, 0.25) is 11.8 Å². The number of piperidine rings is 1. The summed E-state index contributed by atoms with van der Waals surface area (Å²) >= 11 is 0. The van der Waals surface area contributed by atoms with Crippen LogP contribution in [0.1, 0.15) is 29.8 Å². The molecule has 1 aromatic carbocycles. The standard InChI is InChI=1S/C23H26N6O3/c30-21-11-17(15-32-20-12-24-7-8-25-20)14-29(21)13-16-5-9-28(10-6-16)23(31)22-18-3-1-2-4-19(18)26-27-22/h1-4,7-8,12,16-17H,5-6,9-11,13-15H2,(H,26,27). The number of ether oxygens (including phenoxy) is 1. The first kappa shape index (κ1) is 20.4. The zero-order chi connectivity index (χ0) is 21.9. The van der Waals surface area contributed by atoms with Gasteiger partial charge >= 0.3 is 0 Å². The van der Waals surface area contributed by atoms with Gasteiger partial charge in [-0.15, -0.1) is 0 Å². The molecule has 2 aliphatic rings. The van der Waals surface area contributed by atoms with Crippen molar-refractivity contribution in [1.29, 1.82) is 0 Å². The molecule has 1 atom stereocenters. The van der Waals surface area contributed by atoms with Gasteiger partial charge < -0.3 is 14.5 Å². The third kappa shape index (κ3) is 4.28. The summed E-state index contributed by atoms with van der Waals surface area (Å²) in [6, 6.07) is 7.68. The van der Waals surface area contributed by atoms with Crippen molar-refractivity contribution in [2.24, 2.45) is 11.8 Å². The average molecular weight is 435 g/mol. The molecule has 2 aliphatic heterocycles. The third-order valence-corrected chi connectivity index (χ3v) is 6.35. The highest BCUT2D eigenvalue weighted by Crippen LogP contribution is 2.26. The highest BCUT2D eigenvalue weighted by atomic mass is 16.5. The second-order valence-electron chi connectivity index (χ2n) is 8.58. The summed E-state index contributed by atoms with van der Waals surface area (Å²) < 4.78 is 5.68. The molecule has 9 nitrogen and oxygen atoms in total. The van der Waals surface area contributed by atoms with Crippen molar-refractivity contribution in [1.82, 2.24) is 30.0 Å². The summed E-state index contributed by atoms with van der Waals surface area (Å²) in [6.07, 6.45) is 7.05. The Morgan fingerprint density at radius 1 is 1.16 bits per heavy atom. The van der Waals surface area contributed by atoms with Crippen LogP contribution >= 0.6 is 0 Å². The van der Waals surface area contributed by atoms with Crippen molar-refractivity contribution >= 4 is 22.7 Å². The molecule has 0 bridgehead atoms. The molecule has 1 unspecified atom stereocenters. The minimum absolute atomic E-state index is 0.0284. The van der Waals surface area contributed by atoms with Crippen LogP contribution in [0.25, 0.3) is 10.9 Å². The van der Waals surface area contributed by atoms with Gasteiger partial charge in [-0.05, 0) is 24.8 Å². The van der Waals surface area contributed by atoms with E-state index in [1.807, 2.05) is 34.1 Å². The summed E-state index contributed by atoms with van der Waals surface area (Å²) in [5.41, 5.74) is 1.36. The van der Waals surface area contributed by atoms with Gasteiger partial charge in [-0.25, -0.2) is 4.98 Å². The number of aromatic amines is 1. The summed E-state index contributed by atoms with van der Waals surface area (Å²) in [4.78, 5) is 37.4. The van der Waals surface area contributed by atoms with Crippen molar-refractivity contribution in [3.8, 4) is 5.88 Å². The van der Waals surface area contributed by atoms with Crippen LogP contribution in [0.4, 0.5) is 0 Å². The molecule has 0 radical (unpaired) electrons. The molecular formula is C23H26N6O3. The van der Waals surface area contributed by atoms with Crippen LogP contribution in [-0.4, -0.2) is 74.6 Å². The van der Waals surface area contributed by atoms with Gasteiger partial charge in [-0.3, -0.25) is 19.7 Å². The zero-order valence-electron chi connectivity index (χ0n) is 17.8. The summed E-state index contributed by atoms with van der Waals surface area (Å²) in [7, 11) is 0. The number of benzene rings is 1. The first-order valence-electron chi connectivity index (χ1n) is 11.1. The fourth-order valence-electron chi connectivity index (χ4n) is 4.61. The number of aromatic nitrogens is 4. The van der Waals surface area contributed by atoms with Crippen molar-refractivity contribution in [3.63, 3.8) is 0 Å². The molecule has 2 amide bonds. The molecule has 0 aliphatic carbocycles. The predicted octanol–water partition coefficient (Wildman–Crippen LogP) is 2.13. The van der Waals surface area contributed by atoms with Crippen molar-refractivity contribution in [2.45, 2.75) is 19.3 Å². The largest absolute Gasteiger partial charge is 0.476 e. The fourth-order valence-corrected chi connectivity index (χ4v) is 4.61. The van der Waals surface area contributed by atoms with Crippen LogP contribution in [0.3, 0.4) is 0 Å². The smallest absolute Gasteiger partial charge is 0.274 e. The molecule has 3 aromatic rings. The Balaban J connectivity index is 1.11. The Morgan fingerprint density at radius 3 is 2.81 bits per heavy atom. The van der Waals surface area contributed by atoms with E-state index in [0.29, 0.717) is 50.2 Å². The molecule has 2 saturated heterocycles. The fraction of sp³-hybridized carbons (Fsp3) is 0.435. The van der Waals surface area contributed by atoms with Crippen molar-refractivity contribution in [3.05, 3.63) is 48.5 Å². The Morgan fingerprint density at radius 2 is 2.00 bits per heavy atom. The molecular weight excluding hydrogens is 408 g/mol. The molecule has 9 heteroatoms. The van der Waals surface area contributed by atoms with Crippen LogP contribution in [0.5, 0.6) is 5.88 Å². The lowest BCUT2D eigenvalue weighted by molar-refractivity contribution is -0.128. The number of hydrogen-bond donors (Lipinski definition) is 1. The third-order valence-electron chi connectivity index (χ3n) is 6.35. The summed E-state index contributed by atoms with van der Waals surface area (Å²) in [5.74, 6) is 1.21. The SMILES string of the molecule is O=C1CC(COc2cnccn2)CN1CC1CCN(C(=O)c2n[nH]c3ccccc23)CC1. The number of carbonyl (C=O) groups excluding carboxylic acids is 2. The van der Waals surface area contributed by atoms with Crippen LogP contribution < -0.4 is 4.74 Å². The summed E-state index contributed by atoms with van der Waals surface area (Å²) in [6.45, 7) is 3.29. The van der Waals surface area contributed by atoms with Crippen LogP contribution in [-0.2, 0) is 4.79 Å². The number of amides is 2. The lowest BCUT2D eigenvalue weighted by atomic mass is 9.96. The van der Waals surface area contributed by atoms with Gasteiger partial charge in [0.25, 0.3) is 5.91 Å². The Labute approximate surface area is 185 Å². The second kappa shape index (κ2) is 8.94. The van der Waals surface area contributed by atoms with Gasteiger partial charge in [-0.1, -0.05) is 18.2 Å². The molecule has 0 spiro atoms. The molecule has 32 heavy (non-hydrogen) atoms. The van der Waals surface area contributed by atoms with Gasteiger partial charge in [0.15, 0.2) is 5.69 Å². The molecule has 2 aromatic heterocycles. The Hall–Kier alpha value is -3.49.